The highest BCUT2D eigenvalue weighted by molar-refractivity contribution is 5.77. The van der Waals surface area contributed by atoms with Crippen molar-refractivity contribution >= 4 is 5.97 Å². The first-order valence-corrected chi connectivity index (χ1v) is 6.08. The van der Waals surface area contributed by atoms with Gasteiger partial charge in [-0.05, 0) is 44.4 Å². The summed E-state index contributed by atoms with van der Waals surface area (Å²) < 4.78 is 11.0. The molecule has 2 fully saturated rings. The van der Waals surface area contributed by atoms with E-state index in [4.69, 9.17) is 9.47 Å². The molecule has 1 unspecified atom stereocenters. The molecule has 2 aliphatic rings. The van der Waals surface area contributed by atoms with Crippen LogP contribution in [0.15, 0.2) is 0 Å². The van der Waals surface area contributed by atoms with Crippen LogP contribution >= 0.6 is 0 Å². The lowest BCUT2D eigenvalue weighted by Crippen LogP contribution is -2.42. The molecule has 1 aliphatic carbocycles. The third kappa shape index (κ3) is 2.55. The van der Waals surface area contributed by atoms with Crippen molar-refractivity contribution in [2.75, 3.05) is 19.8 Å². The standard InChI is InChI=1S/C12H20O4/c1-12(11(13)14,10-2-3-10)16-8-9-4-6-15-7-5-9/h9-10H,2-8H2,1H3,(H,13,14). The zero-order valence-corrected chi connectivity index (χ0v) is 9.78. The molecule has 92 valence electrons. The predicted molar refractivity (Wildman–Crippen MR) is 58.3 cm³/mol. The van der Waals surface area contributed by atoms with E-state index >= 15 is 0 Å². The van der Waals surface area contributed by atoms with Gasteiger partial charge in [0.15, 0.2) is 5.60 Å². The molecule has 0 aromatic carbocycles. The number of carbonyl (C=O) groups is 1. The first-order valence-electron chi connectivity index (χ1n) is 6.08. The second-order valence-electron chi connectivity index (χ2n) is 5.05. The molecule has 4 nitrogen and oxygen atoms in total. The molecule has 0 aromatic heterocycles. The highest BCUT2D eigenvalue weighted by Crippen LogP contribution is 2.42. The Labute approximate surface area is 95.9 Å². The van der Waals surface area contributed by atoms with Crippen molar-refractivity contribution in [3.05, 3.63) is 0 Å². The van der Waals surface area contributed by atoms with Gasteiger partial charge in [0.25, 0.3) is 0 Å². The molecule has 0 radical (unpaired) electrons. The Morgan fingerprint density at radius 3 is 2.50 bits per heavy atom. The Bertz CT molecular complexity index is 256. The van der Waals surface area contributed by atoms with E-state index < -0.39 is 11.6 Å². The minimum Gasteiger partial charge on any atom is -0.479 e. The van der Waals surface area contributed by atoms with Gasteiger partial charge in [-0.3, -0.25) is 0 Å². The minimum atomic E-state index is -0.960. The Balaban J connectivity index is 1.83. The van der Waals surface area contributed by atoms with E-state index in [0.29, 0.717) is 12.5 Å². The van der Waals surface area contributed by atoms with Crippen LogP contribution in [-0.4, -0.2) is 36.5 Å². The molecule has 4 heteroatoms. The summed E-state index contributed by atoms with van der Waals surface area (Å²) in [4.78, 5) is 11.2. The van der Waals surface area contributed by atoms with Gasteiger partial charge in [-0.2, -0.15) is 0 Å². The fraction of sp³-hybridized carbons (Fsp3) is 0.917. The maximum atomic E-state index is 11.2. The zero-order valence-electron chi connectivity index (χ0n) is 9.78. The van der Waals surface area contributed by atoms with Crippen LogP contribution in [0.4, 0.5) is 0 Å². The molecule has 1 heterocycles. The van der Waals surface area contributed by atoms with Crippen molar-refractivity contribution in [2.45, 2.75) is 38.2 Å². The van der Waals surface area contributed by atoms with E-state index in [2.05, 4.69) is 0 Å². The van der Waals surface area contributed by atoms with Crippen LogP contribution in [0.1, 0.15) is 32.6 Å². The molecule has 1 saturated heterocycles. The molecule has 1 aliphatic heterocycles. The predicted octanol–water partition coefficient (Wildman–Crippen LogP) is 1.68. The van der Waals surface area contributed by atoms with E-state index in [1.54, 1.807) is 6.92 Å². The quantitative estimate of drug-likeness (QED) is 0.778. The van der Waals surface area contributed by atoms with Crippen LogP contribution in [-0.2, 0) is 14.3 Å². The maximum absolute atomic E-state index is 11.2. The SMILES string of the molecule is CC(OCC1CCOCC1)(C(=O)O)C1CC1. The van der Waals surface area contributed by atoms with Crippen molar-refractivity contribution < 1.29 is 19.4 Å². The molecule has 0 amide bonds. The lowest BCUT2D eigenvalue weighted by atomic mass is 9.98. The average molecular weight is 228 g/mol. The van der Waals surface area contributed by atoms with E-state index in [1.165, 1.54) is 0 Å². The van der Waals surface area contributed by atoms with Gasteiger partial charge < -0.3 is 14.6 Å². The molecule has 0 bridgehead atoms. The summed E-state index contributed by atoms with van der Waals surface area (Å²) in [5, 5.41) is 9.22. The second kappa shape index (κ2) is 4.72. The van der Waals surface area contributed by atoms with Crippen LogP contribution < -0.4 is 0 Å². The molecule has 0 spiro atoms. The highest BCUT2D eigenvalue weighted by atomic mass is 16.5. The molecular weight excluding hydrogens is 208 g/mol. The number of hydrogen-bond acceptors (Lipinski definition) is 3. The molecule has 0 aromatic rings. The Kier molecular flexibility index (Phi) is 3.50. The highest BCUT2D eigenvalue weighted by Gasteiger charge is 2.48. The Morgan fingerprint density at radius 1 is 1.38 bits per heavy atom. The third-order valence-corrected chi connectivity index (χ3v) is 3.74. The zero-order chi connectivity index (χ0) is 11.6. The van der Waals surface area contributed by atoms with Crippen molar-refractivity contribution in [1.82, 2.24) is 0 Å². The summed E-state index contributed by atoms with van der Waals surface area (Å²) >= 11 is 0. The van der Waals surface area contributed by atoms with Crippen molar-refractivity contribution in [1.29, 1.82) is 0 Å². The summed E-state index contributed by atoms with van der Waals surface area (Å²) in [5.74, 6) is -0.141. The van der Waals surface area contributed by atoms with E-state index in [0.717, 1.165) is 38.9 Å². The molecule has 1 N–H and O–H groups in total. The van der Waals surface area contributed by atoms with Crippen LogP contribution in [0.25, 0.3) is 0 Å². The number of aliphatic carboxylic acids is 1. The van der Waals surface area contributed by atoms with Crippen LogP contribution in [0.2, 0.25) is 0 Å². The minimum absolute atomic E-state index is 0.213. The Hall–Kier alpha value is -0.610. The second-order valence-corrected chi connectivity index (χ2v) is 5.05. The number of carboxylic acid groups (broad SMARTS) is 1. The van der Waals surface area contributed by atoms with Gasteiger partial charge in [-0.25, -0.2) is 4.79 Å². The largest absolute Gasteiger partial charge is 0.479 e. The van der Waals surface area contributed by atoms with Gasteiger partial charge in [0.05, 0.1) is 6.61 Å². The van der Waals surface area contributed by atoms with E-state index in [-0.39, 0.29) is 5.92 Å². The monoisotopic (exact) mass is 228 g/mol. The van der Waals surface area contributed by atoms with Crippen molar-refractivity contribution in [3.8, 4) is 0 Å². The normalized spacial score (nSPS) is 26.3. The third-order valence-electron chi connectivity index (χ3n) is 3.74. The summed E-state index contributed by atoms with van der Waals surface area (Å²) in [7, 11) is 0. The molecule has 16 heavy (non-hydrogen) atoms. The number of ether oxygens (including phenoxy) is 2. The summed E-state index contributed by atoms with van der Waals surface area (Å²) in [6, 6.07) is 0. The summed E-state index contributed by atoms with van der Waals surface area (Å²) in [6.07, 6.45) is 3.94. The van der Waals surface area contributed by atoms with Gasteiger partial charge in [-0.15, -0.1) is 0 Å². The van der Waals surface area contributed by atoms with E-state index in [1.807, 2.05) is 0 Å². The molecule has 1 saturated carbocycles. The van der Waals surface area contributed by atoms with Crippen molar-refractivity contribution in [2.24, 2.45) is 11.8 Å². The number of hydrogen-bond donors (Lipinski definition) is 1. The van der Waals surface area contributed by atoms with Gasteiger partial charge in [0.2, 0.25) is 0 Å². The van der Waals surface area contributed by atoms with Crippen molar-refractivity contribution in [3.63, 3.8) is 0 Å². The smallest absolute Gasteiger partial charge is 0.335 e. The topological polar surface area (TPSA) is 55.8 Å². The van der Waals surface area contributed by atoms with E-state index in [9.17, 15) is 9.90 Å². The Morgan fingerprint density at radius 2 is 2.00 bits per heavy atom. The van der Waals surface area contributed by atoms with Gasteiger partial charge in [0.1, 0.15) is 0 Å². The summed E-state index contributed by atoms with van der Waals surface area (Å²) in [6.45, 7) is 3.83. The fourth-order valence-corrected chi connectivity index (χ4v) is 2.19. The molecule has 2 rings (SSSR count). The average Bonchev–Trinajstić information content (AvgIpc) is 3.11. The van der Waals surface area contributed by atoms with Gasteiger partial charge >= 0.3 is 5.97 Å². The molecule has 1 atom stereocenters. The summed E-state index contributed by atoms with van der Waals surface area (Å²) in [5.41, 5.74) is -0.960. The number of rotatable bonds is 5. The lowest BCUT2D eigenvalue weighted by molar-refractivity contribution is -0.169. The van der Waals surface area contributed by atoms with Crippen LogP contribution in [0.3, 0.4) is 0 Å². The first kappa shape index (κ1) is 11.9. The fourth-order valence-electron chi connectivity index (χ4n) is 2.19. The van der Waals surface area contributed by atoms with Crippen LogP contribution in [0.5, 0.6) is 0 Å². The van der Waals surface area contributed by atoms with Gasteiger partial charge in [0, 0.05) is 13.2 Å². The van der Waals surface area contributed by atoms with Crippen LogP contribution in [0, 0.1) is 11.8 Å². The lowest BCUT2D eigenvalue weighted by Gasteiger charge is -2.29. The number of carboxylic acids is 1. The molecular formula is C12H20O4. The maximum Gasteiger partial charge on any atom is 0.335 e. The first-order chi connectivity index (χ1) is 7.63. The van der Waals surface area contributed by atoms with Gasteiger partial charge in [-0.1, -0.05) is 0 Å².